The number of fused-ring (bicyclic) bond motifs is 1. The normalized spacial score (nSPS) is 18.0. The zero-order valence-corrected chi connectivity index (χ0v) is 14.9. The molecular weight excluding hydrogens is 348 g/mol. The number of amides is 1. The number of methoxy groups -OCH3 is 1. The van der Waals surface area contributed by atoms with Crippen LogP contribution in [0.4, 0.5) is 4.79 Å². The highest BCUT2D eigenvalue weighted by molar-refractivity contribution is 7.89. The summed E-state index contributed by atoms with van der Waals surface area (Å²) in [5, 5.41) is 0. The molecule has 1 aromatic carbocycles. The lowest BCUT2D eigenvalue weighted by molar-refractivity contribution is 0.106. The smallest absolute Gasteiger partial charge is 0.409 e. The van der Waals surface area contributed by atoms with Crippen molar-refractivity contribution in [1.82, 2.24) is 9.62 Å². The predicted octanol–water partition coefficient (Wildman–Crippen LogP) is 1.21. The summed E-state index contributed by atoms with van der Waals surface area (Å²) >= 11 is 0. The van der Waals surface area contributed by atoms with Crippen LogP contribution in [0.2, 0.25) is 0 Å². The molecule has 138 valence electrons. The third kappa shape index (κ3) is 4.16. The van der Waals surface area contributed by atoms with E-state index < -0.39 is 10.0 Å². The Kier molecular flexibility index (Phi) is 5.33. The Labute approximate surface area is 147 Å². The molecule has 1 amide bonds. The number of carbonyl (C=O) groups excluding carboxylic acids is 1. The van der Waals surface area contributed by atoms with E-state index in [-0.39, 0.29) is 16.9 Å². The van der Waals surface area contributed by atoms with E-state index in [2.05, 4.69) is 4.72 Å². The number of rotatable bonds is 4. The molecule has 25 heavy (non-hydrogen) atoms. The van der Waals surface area contributed by atoms with Crippen molar-refractivity contribution in [1.29, 1.82) is 0 Å². The monoisotopic (exact) mass is 370 g/mol. The molecule has 1 saturated heterocycles. The van der Waals surface area contributed by atoms with Gasteiger partial charge in [-0.2, -0.15) is 0 Å². The zero-order chi connectivity index (χ0) is 17.9. The zero-order valence-electron chi connectivity index (χ0n) is 14.1. The van der Waals surface area contributed by atoms with Crippen molar-refractivity contribution in [3.63, 3.8) is 0 Å². The maximum Gasteiger partial charge on any atom is 0.409 e. The van der Waals surface area contributed by atoms with E-state index in [1.165, 1.54) is 19.2 Å². The van der Waals surface area contributed by atoms with Crippen LogP contribution >= 0.6 is 0 Å². The van der Waals surface area contributed by atoms with Crippen LogP contribution < -0.4 is 14.2 Å². The molecule has 1 aromatic rings. The molecule has 8 nitrogen and oxygen atoms in total. The fourth-order valence-corrected chi connectivity index (χ4v) is 4.08. The summed E-state index contributed by atoms with van der Waals surface area (Å²) in [6.07, 6.45) is 1.13. The SMILES string of the molecule is COC(=O)N1CCC(CNS(=O)(=O)c2ccc3c(c2)OCCO3)CC1. The average Bonchev–Trinajstić information content (AvgIpc) is 2.66. The van der Waals surface area contributed by atoms with Crippen molar-refractivity contribution in [3.05, 3.63) is 18.2 Å². The highest BCUT2D eigenvalue weighted by Gasteiger charge is 2.25. The number of carbonyl (C=O) groups is 1. The summed E-state index contributed by atoms with van der Waals surface area (Å²) in [6, 6.07) is 4.60. The first kappa shape index (κ1) is 17.8. The first-order valence-corrected chi connectivity index (χ1v) is 9.70. The van der Waals surface area contributed by atoms with E-state index >= 15 is 0 Å². The Hall–Kier alpha value is -2.00. The highest BCUT2D eigenvalue weighted by Crippen LogP contribution is 2.32. The molecule has 0 bridgehead atoms. The van der Waals surface area contributed by atoms with Crippen LogP contribution in [0.25, 0.3) is 0 Å². The summed E-state index contributed by atoms with van der Waals surface area (Å²) < 4.78 is 43.2. The van der Waals surface area contributed by atoms with Gasteiger partial charge in [0.25, 0.3) is 0 Å². The molecule has 2 aliphatic heterocycles. The van der Waals surface area contributed by atoms with Crippen LogP contribution in [-0.2, 0) is 14.8 Å². The second-order valence-corrected chi connectivity index (χ2v) is 7.82. The molecule has 1 fully saturated rings. The number of benzene rings is 1. The number of ether oxygens (including phenoxy) is 3. The first-order valence-electron chi connectivity index (χ1n) is 8.22. The van der Waals surface area contributed by atoms with Crippen LogP contribution in [0.1, 0.15) is 12.8 Å². The van der Waals surface area contributed by atoms with Gasteiger partial charge in [0.15, 0.2) is 11.5 Å². The maximum atomic E-state index is 12.5. The van der Waals surface area contributed by atoms with Crippen molar-refractivity contribution in [2.75, 3.05) is 40.0 Å². The van der Waals surface area contributed by atoms with E-state index in [1.807, 2.05) is 0 Å². The molecular formula is C16H22N2O6S. The molecule has 1 N–H and O–H groups in total. The van der Waals surface area contributed by atoms with Gasteiger partial charge in [-0.1, -0.05) is 0 Å². The minimum absolute atomic E-state index is 0.156. The minimum atomic E-state index is -3.62. The number of hydrogen-bond donors (Lipinski definition) is 1. The molecule has 0 saturated carbocycles. The fraction of sp³-hybridized carbons (Fsp3) is 0.562. The van der Waals surface area contributed by atoms with Crippen molar-refractivity contribution < 1.29 is 27.4 Å². The van der Waals surface area contributed by atoms with Gasteiger partial charge in [-0.05, 0) is 30.9 Å². The standard InChI is InChI=1S/C16H22N2O6S/c1-22-16(19)18-6-4-12(5-7-18)11-17-25(20,21)13-2-3-14-15(10-13)24-9-8-23-14/h2-3,10,12,17H,4-9,11H2,1H3. The lowest BCUT2D eigenvalue weighted by Crippen LogP contribution is -2.41. The summed E-state index contributed by atoms with van der Waals surface area (Å²) in [5.74, 6) is 1.19. The van der Waals surface area contributed by atoms with Crippen LogP contribution in [0.3, 0.4) is 0 Å². The number of likely N-dealkylation sites (tertiary alicyclic amines) is 1. The Morgan fingerprint density at radius 1 is 1.24 bits per heavy atom. The van der Waals surface area contributed by atoms with Crippen molar-refractivity contribution in [2.24, 2.45) is 5.92 Å². The topological polar surface area (TPSA) is 94.2 Å². The summed E-state index contributed by atoms with van der Waals surface area (Å²) in [5.41, 5.74) is 0. The van der Waals surface area contributed by atoms with E-state index in [4.69, 9.17) is 14.2 Å². The molecule has 0 aliphatic carbocycles. The predicted molar refractivity (Wildman–Crippen MR) is 89.3 cm³/mol. The number of hydrogen-bond acceptors (Lipinski definition) is 6. The molecule has 3 rings (SSSR count). The van der Waals surface area contributed by atoms with Gasteiger partial charge in [0, 0.05) is 25.7 Å². The Morgan fingerprint density at radius 3 is 2.60 bits per heavy atom. The van der Waals surface area contributed by atoms with Crippen LogP contribution in [0.15, 0.2) is 23.1 Å². The van der Waals surface area contributed by atoms with Gasteiger partial charge in [0.1, 0.15) is 13.2 Å². The number of nitrogens with one attached hydrogen (secondary N) is 1. The van der Waals surface area contributed by atoms with Gasteiger partial charge in [-0.15, -0.1) is 0 Å². The highest BCUT2D eigenvalue weighted by atomic mass is 32.2. The molecule has 2 heterocycles. The Morgan fingerprint density at radius 2 is 1.92 bits per heavy atom. The third-order valence-corrected chi connectivity index (χ3v) is 5.85. The first-order chi connectivity index (χ1) is 12.0. The fourth-order valence-electron chi connectivity index (χ4n) is 2.95. The van der Waals surface area contributed by atoms with Crippen molar-refractivity contribution in [2.45, 2.75) is 17.7 Å². The molecule has 0 aromatic heterocycles. The van der Waals surface area contributed by atoms with Crippen LogP contribution in [0.5, 0.6) is 11.5 Å². The summed E-state index contributed by atoms with van der Waals surface area (Å²) in [4.78, 5) is 13.3. The molecule has 9 heteroatoms. The lowest BCUT2D eigenvalue weighted by Gasteiger charge is -2.30. The van der Waals surface area contributed by atoms with E-state index in [0.717, 1.165) is 12.8 Å². The second kappa shape index (κ2) is 7.49. The van der Waals surface area contributed by atoms with Crippen LogP contribution in [0, 0.1) is 5.92 Å². The molecule has 0 atom stereocenters. The van der Waals surface area contributed by atoms with E-state index in [9.17, 15) is 13.2 Å². The van der Waals surface area contributed by atoms with Gasteiger partial charge in [-0.3, -0.25) is 0 Å². The Balaban J connectivity index is 1.57. The van der Waals surface area contributed by atoms with Gasteiger partial charge < -0.3 is 19.1 Å². The molecule has 0 radical (unpaired) electrons. The second-order valence-electron chi connectivity index (χ2n) is 6.06. The van der Waals surface area contributed by atoms with E-state index in [0.29, 0.717) is 44.3 Å². The minimum Gasteiger partial charge on any atom is -0.486 e. The quantitative estimate of drug-likeness (QED) is 0.856. The summed E-state index contributed by atoms with van der Waals surface area (Å²) in [7, 11) is -2.26. The lowest BCUT2D eigenvalue weighted by atomic mass is 9.97. The largest absolute Gasteiger partial charge is 0.486 e. The third-order valence-electron chi connectivity index (χ3n) is 4.43. The number of piperidine rings is 1. The van der Waals surface area contributed by atoms with Gasteiger partial charge in [0.2, 0.25) is 10.0 Å². The molecule has 2 aliphatic rings. The summed E-state index contributed by atoms with van der Waals surface area (Å²) in [6.45, 7) is 2.35. The Bertz CT molecular complexity index is 728. The number of sulfonamides is 1. The molecule has 0 unspecified atom stereocenters. The van der Waals surface area contributed by atoms with Gasteiger partial charge >= 0.3 is 6.09 Å². The van der Waals surface area contributed by atoms with Gasteiger partial charge in [0.05, 0.1) is 12.0 Å². The molecule has 0 spiro atoms. The van der Waals surface area contributed by atoms with E-state index in [1.54, 1.807) is 11.0 Å². The van der Waals surface area contributed by atoms with Crippen molar-refractivity contribution >= 4 is 16.1 Å². The number of nitrogens with zero attached hydrogens (tertiary/aromatic N) is 1. The maximum absolute atomic E-state index is 12.5. The average molecular weight is 370 g/mol. The van der Waals surface area contributed by atoms with Crippen LogP contribution in [-0.4, -0.2) is 59.4 Å². The van der Waals surface area contributed by atoms with Crippen molar-refractivity contribution in [3.8, 4) is 11.5 Å². The van der Waals surface area contributed by atoms with Gasteiger partial charge in [-0.25, -0.2) is 17.9 Å².